The van der Waals surface area contributed by atoms with Crippen LogP contribution in [0, 0.1) is 25.7 Å². The molecule has 0 aromatic carbocycles. The quantitative estimate of drug-likeness (QED) is 0.829. The van der Waals surface area contributed by atoms with E-state index >= 15 is 0 Å². The molecule has 2 rings (SSSR count). The van der Waals surface area contributed by atoms with Crippen molar-refractivity contribution in [3.8, 4) is 0 Å². The largest absolute Gasteiger partial charge is 0.342 e. The molecule has 0 radical (unpaired) electrons. The lowest BCUT2D eigenvalue weighted by Gasteiger charge is -2.33. The van der Waals surface area contributed by atoms with E-state index in [4.69, 9.17) is 0 Å². The number of likely N-dealkylation sites (N-methyl/N-ethyl adjacent to an activating group) is 1. The molecule has 0 atom stereocenters. The number of nitrogens with zero attached hydrogens (tertiary/aromatic N) is 3. The van der Waals surface area contributed by atoms with E-state index in [9.17, 15) is 4.79 Å². The van der Waals surface area contributed by atoms with Crippen molar-refractivity contribution in [1.82, 2.24) is 14.7 Å². The molecule has 1 aromatic rings. The summed E-state index contributed by atoms with van der Waals surface area (Å²) in [5, 5.41) is 4.63. The molecule has 1 aliphatic carbocycles. The van der Waals surface area contributed by atoms with Crippen LogP contribution >= 0.6 is 0 Å². The Labute approximate surface area is 141 Å². The van der Waals surface area contributed by atoms with Gasteiger partial charge >= 0.3 is 0 Å². The number of hydrogen-bond donors (Lipinski definition) is 0. The van der Waals surface area contributed by atoms with Crippen LogP contribution in [-0.4, -0.2) is 33.7 Å². The van der Waals surface area contributed by atoms with E-state index in [1.165, 1.54) is 12.8 Å². The number of aromatic nitrogens is 2. The standard InChI is InChI=1S/C19H33N3O/c1-13(2)12-22-16(5)18(15(4)20-22)11-19(23)21(6)17-9-7-14(3)8-10-17/h13-14,17H,7-12H2,1-6H3. The molecule has 0 aliphatic heterocycles. The summed E-state index contributed by atoms with van der Waals surface area (Å²) in [4.78, 5) is 14.7. The van der Waals surface area contributed by atoms with Crippen molar-refractivity contribution in [3.05, 3.63) is 17.0 Å². The highest BCUT2D eigenvalue weighted by Crippen LogP contribution is 2.27. The van der Waals surface area contributed by atoms with Crippen LogP contribution in [0.4, 0.5) is 0 Å². The number of amides is 1. The third-order valence-electron chi connectivity index (χ3n) is 5.32. The Morgan fingerprint density at radius 3 is 2.43 bits per heavy atom. The molecule has 4 heteroatoms. The zero-order chi connectivity index (χ0) is 17.1. The summed E-state index contributed by atoms with van der Waals surface area (Å²) in [6, 6.07) is 0.421. The van der Waals surface area contributed by atoms with E-state index in [2.05, 4.69) is 37.5 Å². The van der Waals surface area contributed by atoms with Crippen LogP contribution in [0.3, 0.4) is 0 Å². The van der Waals surface area contributed by atoms with Gasteiger partial charge in [0.05, 0.1) is 12.1 Å². The monoisotopic (exact) mass is 319 g/mol. The van der Waals surface area contributed by atoms with Crippen LogP contribution in [0.15, 0.2) is 0 Å². The fourth-order valence-corrected chi connectivity index (χ4v) is 3.62. The number of hydrogen-bond acceptors (Lipinski definition) is 2. The predicted octanol–water partition coefficient (Wildman–Crippen LogP) is 3.74. The van der Waals surface area contributed by atoms with Gasteiger partial charge in [0.25, 0.3) is 0 Å². The van der Waals surface area contributed by atoms with Crippen LogP contribution in [-0.2, 0) is 17.8 Å². The van der Waals surface area contributed by atoms with Crippen LogP contribution in [0.25, 0.3) is 0 Å². The Morgan fingerprint density at radius 2 is 1.87 bits per heavy atom. The normalized spacial score (nSPS) is 21.7. The minimum atomic E-state index is 0.236. The van der Waals surface area contributed by atoms with Gasteiger partial charge in [0.15, 0.2) is 0 Å². The van der Waals surface area contributed by atoms with Gasteiger partial charge in [-0.15, -0.1) is 0 Å². The van der Waals surface area contributed by atoms with Gasteiger partial charge in [-0.25, -0.2) is 0 Å². The van der Waals surface area contributed by atoms with Crippen LogP contribution in [0.2, 0.25) is 0 Å². The predicted molar refractivity (Wildman–Crippen MR) is 94.4 cm³/mol. The summed E-state index contributed by atoms with van der Waals surface area (Å²) in [6.07, 6.45) is 5.26. The van der Waals surface area contributed by atoms with Gasteiger partial charge < -0.3 is 4.90 Å². The molecule has 1 heterocycles. The molecule has 0 spiro atoms. The summed E-state index contributed by atoms with van der Waals surface area (Å²) in [6.45, 7) is 11.7. The highest BCUT2D eigenvalue weighted by Gasteiger charge is 2.26. The zero-order valence-electron chi connectivity index (χ0n) is 15.7. The van der Waals surface area contributed by atoms with E-state index in [0.717, 1.165) is 42.3 Å². The summed E-state index contributed by atoms with van der Waals surface area (Å²) in [5.41, 5.74) is 3.27. The molecular weight excluding hydrogens is 286 g/mol. The molecule has 1 amide bonds. The number of carbonyl (C=O) groups is 1. The van der Waals surface area contributed by atoms with Crippen molar-refractivity contribution in [2.75, 3.05) is 7.05 Å². The van der Waals surface area contributed by atoms with Gasteiger partial charge in [-0.2, -0.15) is 5.10 Å². The van der Waals surface area contributed by atoms with Crippen molar-refractivity contribution < 1.29 is 4.79 Å². The van der Waals surface area contributed by atoms with E-state index in [-0.39, 0.29) is 5.91 Å². The molecule has 0 N–H and O–H groups in total. The molecule has 1 saturated carbocycles. The summed E-state index contributed by atoms with van der Waals surface area (Å²) < 4.78 is 2.06. The fraction of sp³-hybridized carbons (Fsp3) is 0.789. The van der Waals surface area contributed by atoms with E-state index in [0.29, 0.717) is 18.4 Å². The second kappa shape index (κ2) is 7.50. The van der Waals surface area contributed by atoms with Crippen molar-refractivity contribution in [2.24, 2.45) is 11.8 Å². The summed E-state index contributed by atoms with van der Waals surface area (Å²) >= 11 is 0. The van der Waals surface area contributed by atoms with Gasteiger partial charge in [0.1, 0.15) is 0 Å². The Bertz CT molecular complexity index is 539. The molecule has 1 fully saturated rings. The fourth-order valence-electron chi connectivity index (χ4n) is 3.62. The maximum Gasteiger partial charge on any atom is 0.227 e. The third-order valence-corrected chi connectivity index (χ3v) is 5.32. The minimum absolute atomic E-state index is 0.236. The Balaban J connectivity index is 2.03. The van der Waals surface area contributed by atoms with Crippen molar-refractivity contribution in [3.63, 3.8) is 0 Å². The SMILES string of the molecule is Cc1nn(CC(C)C)c(C)c1CC(=O)N(C)C1CCC(C)CC1. The number of aryl methyl sites for hydroxylation is 1. The highest BCUT2D eigenvalue weighted by atomic mass is 16.2. The minimum Gasteiger partial charge on any atom is -0.342 e. The smallest absolute Gasteiger partial charge is 0.227 e. The molecule has 0 saturated heterocycles. The highest BCUT2D eigenvalue weighted by molar-refractivity contribution is 5.79. The number of rotatable bonds is 5. The van der Waals surface area contributed by atoms with Crippen LogP contribution < -0.4 is 0 Å². The van der Waals surface area contributed by atoms with E-state index in [1.54, 1.807) is 0 Å². The number of carbonyl (C=O) groups excluding carboxylic acids is 1. The lowest BCUT2D eigenvalue weighted by molar-refractivity contribution is -0.132. The first-order valence-corrected chi connectivity index (χ1v) is 9.08. The van der Waals surface area contributed by atoms with Crippen LogP contribution in [0.5, 0.6) is 0 Å². The second-order valence-electron chi connectivity index (χ2n) is 7.82. The van der Waals surface area contributed by atoms with E-state index in [1.807, 2.05) is 18.9 Å². The van der Waals surface area contributed by atoms with Gasteiger partial charge in [-0.05, 0) is 51.4 Å². The molecule has 1 aliphatic rings. The van der Waals surface area contributed by atoms with Gasteiger partial charge in [0.2, 0.25) is 5.91 Å². The van der Waals surface area contributed by atoms with Crippen molar-refractivity contribution >= 4 is 5.91 Å². The topological polar surface area (TPSA) is 38.1 Å². The first-order valence-electron chi connectivity index (χ1n) is 9.08. The summed E-state index contributed by atoms with van der Waals surface area (Å²) in [7, 11) is 1.98. The molecule has 0 unspecified atom stereocenters. The van der Waals surface area contributed by atoms with Gasteiger partial charge in [-0.1, -0.05) is 20.8 Å². The molecule has 0 bridgehead atoms. The lowest BCUT2D eigenvalue weighted by atomic mass is 9.86. The Kier molecular flexibility index (Phi) is 5.88. The lowest BCUT2D eigenvalue weighted by Crippen LogP contribution is -2.40. The van der Waals surface area contributed by atoms with Gasteiger partial charge in [0, 0.05) is 30.9 Å². The van der Waals surface area contributed by atoms with Crippen molar-refractivity contribution in [1.29, 1.82) is 0 Å². The molecule has 4 nitrogen and oxygen atoms in total. The van der Waals surface area contributed by atoms with E-state index < -0.39 is 0 Å². The zero-order valence-corrected chi connectivity index (χ0v) is 15.7. The Hall–Kier alpha value is -1.32. The third kappa shape index (κ3) is 4.36. The molecule has 23 heavy (non-hydrogen) atoms. The van der Waals surface area contributed by atoms with Gasteiger partial charge in [-0.3, -0.25) is 9.48 Å². The maximum absolute atomic E-state index is 12.7. The second-order valence-corrected chi connectivity index (χ2v) is 7.82. The Morgan fingerprint density at radius 1 is 1.26 bits per heavy atom. The first kappa shape index (κ1) is 18.0. The maximum atomic E-state index is 12.7. The average Bonchev–Trinajstić information content (AvgIpc) is 2.74. The molecule has 1 aromatic heterocycles. The molecular formula is C19H33N3O. The summed E-state index contributed by atoms with van der Waals surface area (Å²) in [5.74, 6) is 1.61. The van der Waals surface area contributed by atoms with Crippen molar-refractivity contribution in [2.45, 2.75) is 79.3 Å². The van der Waals surface area contributed by atoms with Crippen LogP contribution in [0.1, 0.15) is 63.4 Å². The average molecular weight is 319 g/mol. The molecule has 130 valence electrons. The first-order chi connectivity index (χ1) is 10.8.